The zero-order valence-electron chi connectivity index (χ0n) is 15.4. The van der Waals surface area contributed by atoms with E-state index >= 15 is 0 Å². The average molecular weight is 377 g/mol. The van der Waals surface area contributed by atoms with E-state index in [0.29, 0.717) is 16.9 Å². The Morgan fingerprint density at radius 2 is 1.57 bits per heavy atom. The van der Waals surface area contributed by atoms with E-state index in [0.717, 1.165) is 5.69 Å². The van der Waals surface area contributed by atoms with Crippen LogP contribution < -0.4 is 15.5 Å². The van der Waals surface area contributed by atoms with Crippen molar-refractivity contribution in [2.45, 2.75) is 6.92 Å². The van der Waals surface area contributed by atoms with Crippen LogP contribution in [0.4, 0.5) is 17.1 Å². The number of nitrogens with zero attached hydrogens (tertiary/aromatic N) is 1. The number of rotatable bonds is 5. The molecule has 0 bridgehead atoms. The van der Waals surface area contributed by atoms with Crippen LogP contribution in [0.25, 0.3) is 0 Å². The van der Waals surface area contributed by atoms with Gasteiger partial charge in [-0.25, -0.2) is 0 Å². The highest BCUT2D eigenvalue weighted by molar-refractivity contribution is 6.06. The van der Waals surface area contributed by atoms with Gasteiger partial charge in [0.25, 0.3) is 11.8 Å². The number of furan rings is 1. The first-order valence-corrected chi connectivity index (χ1v) is 8.54. The van der Waals surface area contributed by atoms with Gasteiger partial charge in [0.05, 0.1) is 6.26 Å². The Morgan fingerprint density at radius 3 is 2.21 bits per heavy atom. The molecule has 0 radical (unpaired) electrons. The third kappa shape index (κ3) is 4.45. The van der Waals surface area contributed by atoms with Crippen LogP contribution in [0.5, 0.6) is 0 Å². The van der Waals surface area contributed by atoms with E-state index < -0.39 is 5.91 Å². The highest BCUT2D eigenvalue weighted by Gasteiger charge is 2.12. The van der Waals surface area contributed by atoms with Gasteiger partial charge < -0.3 is 20.0 Å². The number of anilines is 3. The summed E-state index contributed by atoms with van der Waals surface area (Å²) in [5, 5.41) is 5.47. The summed E-state index contributed by atoms with van der Waals surface area (Å²) in [7, 11) is 1.68. The summed E-state index contributed by atoms with van der Waals surface area (Å²) >= 11 is 0. The number of benzene rings is 2. The molecule has 28 heavy (non-hydrogen) atoms. The SMILES string of the molecule is CC(=O)N(C)c1ccc(NC(=O)c2cccc(NC(=O)c3ccco3)c2)cc1. The zero-order valence-corrected chi connectivity index (χ0v) is 15.4. The average Bonchev–Trinajstić information content (AvgIpc) is 3.23. The van der Waals surface area contributed by atoms with Crippen molar-refractivity contribution in [1.82, 2.24) is 0 Å². The minimum Gasteiger partial charge on any atom is -0.459 e. The van der Waals surface area contributed by atoms with Crippen LogP contribution in [0.1, 0.15) is 27.8 Å². The predicted molar refractivity (Wildman–Crippen MR) is 107 cm³/mol. The molecule has 3 aromatic rings. The molecule has 0 saturated carbocycles. The fraction of sp³-hybridized carbons (Fsp3) is 0.0952. The second-order valence-electron chi connectivity index (χ2n) is 6.09. The van der Waals surface area contributed by atoms with Crippen LogP contribution >= 0.6 is 0 Å². The Bertz CT molecular complexity index is 995. The third-order valence-corrected chi connectivity index (χ3v) is 4.11. The number of nitrogens with one attached hydrogen (secondary N) is 2. The Kier molecular flexibility index (Phi) is 5.55. The highest BCUT2D eigenvalue weighted by atomic mass is 16.3. The van der Waals surface area contributed by atoms with Gasteiger partial charge in [0.15, 0.2) is 5.76 Å². The van der Waals surface area contributed by atoms with Gasteiger partial charge in [-0.15, -0.1) is 0 Å². The van der Waals surface area contributed by atoms with Crippen molar-refractivity contribution in [2.24, 2.45) is 0 Å². The van der Waals surface area contributed by atoms with Crippen molar-refractivity contribution in [3.05, 3.63) is 78.3 Å². The number of amides is 3. The maximum Gasteiger partial charge on any atom is 0.291 e. The number of hydrogen-bond acceptors (Lipinski definition) is 4. The molecule has 0 aliphatic rings. The van der Waals surface area contributed by atoms with E-state index in [1.165, 1.54) is 18.1 Å². The monoisotopic (exact) mass is 377 g/mol. The van der Waals surface area contributed by atoms with Crippen molar-refractivity contribution < 1.29 is 18.8 Å². The summed E-state index contributed by atoms with van der Waals surface area (Å²) in [6, 6.07) is 16.7. The summed E-state index contributed by atoms with van der Waals surface area (Å²) in [6.07, 6.45) is 1.41. The second-order valence-corrected chi connectivity index (χ2v) is 6.09. The quantitative estimate of drug-likeness (QED) is 0.708. The van der Waals surface area contributed by atoms with E-state index in [4.69, 9.17) is 4.42 Å². The standard InChI is InChI=1S/C21H19N3O4/c1-14(25)24(2)18-10-8-16(9-11-18)22-20(26)15-5-3-6-17(13-15)23-21(27)19-7-4-12-28-19/h3-13H,1-2H3,(H,22,26)(H,23,27). The first-order chi connectivity index (χ1) is 13.4. The predicted octanol–water partition coefficient (Wildman–Crippen LogP) is 3.77. The van der Waals surface area contributed by atoms with Crippen molar-refractivity contribution >= 4 is 34.8 Å². The zero-order chi connectivity index (χ0) is 20.1. The molecule has 2 N–H and O–H groups in total. The molecule has 0 aliphatic carbocycles. The molecule has 0 unspecified atom stereocenters. The fourth-order valence-corrected chi connectivity index (χ4v) is 2.49. The lowest BCUT2D eigenvalue weighted by atomic mass is 10.1. The first-order valence-electron chi connectivity index (χ1n) is 8.54. The molecule has 2 aromatic carbocycles. The molecule has 0 saturated heterocycles. The Morgan fingerprint density at radius 1 is 0.857 bits per heavy atom. The minimum atomic E-state index is -0.396. The van der Waals surface area contributed by atoms with Crippen LogP contribution in [-0.4, -0.2) is 24.8 Å². The molecule has 0 spiro atoms. The first kappa shape index (κ1) is 18.9. The van der Waals surface area contributed by atoms with Crippen LogP contribution in [0.3, 0.4) is 0 Å². The fourth-order valence-electron chi connectivity index (χ4n) is 2.49. The summed E-state index contributed by atoms with van der Waals surface area (Å²) in [4.78, 5) is 37.5. The van der Waals surface area contributed by atoms with E-state index in [9.17, 15) is 14.4 Å². The van der Waals surface area contributed by atoms with Crippen LogP contribution in [0.2, 0.25) is 0 Å². The van der Waals surface area contributed by atoms with Gasteiger partial charge >= 0.3 is 0 Å². The van der Waals surface area contributed by atoms with E-state index in [1.54, 1.807) is 67.7 Å². The van der Waals surface area contributed by atoms with Gasteiger partial charge in [0, 0.05) is 36.6 Å². The van der Waals surface area contributed by atoms with Gasteiger partial charge in [0.2, 0.25) is 5.91 Å². The Labute approximate surface area is 162 Å². The number of hydrogen-bond donors (Lipinski definition) is 2. The van der Waals surface area contributed by atoms with Gasteiger partial charge in [-0.1, -0.05) is 6.07 Å². The largest absolute Gasteiger partial charge is 0.459 e. The molecule has 1 heterocycles. The van der Waals surface area contributed by atoms with Gasteiger partial charge in [-0.3, -0.25) is 14.4 Å². The lowest BCUT2D eigenvalue weighted by Gasteiger charge is -2.15. The van der Waals surface area contributed by atoms with E-state index in [-0.39, 0.29) is 17.6 Å². The normalized spacial score (nSPS) is 10.2. The van der Waals surface area contributed by atoms with Crippen molar-refractivity contribution in [3.63, 3.8) is 0 Å². The molecule has 3 amide bonds. The molecule has 1 aromatic heterocycles. The molecular formula is C21H19N3O4. The van der Waals surface area contributed by atoms with Crippen LogP contribution in [-0.2, 0) is 4.79 Å². The van der Waals surface area contributed by atoms with E-state index in [1.807, 2.05) is 0 Å². The topological polar surface area (TPSA) is 91.7 Å². The van der Waals surface area contributed by atoms with Gasteiger partial charge in [0.1, 0.15) is 0 Å². The molecule has 142 valence electrons. The molecular weight excluding hydrogens is 358 g/mol. The van der Waals surface area contributed by atoms with Crippen molar-refractivity contribution in [2.75, 3.05) is 22.6 Å². The molecule has 0 atom stereocenters. The Balaban J connectivity index is 1.67. The summed E-state index contributed by atoms with van der Waals surface area (Å²) < 4.78 is 5.05. The van der Waals surface area contributed by atoms with Gasteiger partial charge in [-0.05, 0) is 54.6 Å². The van der Waals surface area contributed by atoms with Crippen LogP contribution in [0, 0.1) is 0 Å². The molecule has 7 nitrogen and oxygen atoms in total. The van der Waals surface area contributed by atoms with Crippen molar-refractivity contribution in [1.29, 1.82) is 0 Å². The lowest BCUT2D eigenvalue weighted by molar-refractivity contribution is -0.116. The maximum absolute atomic E-state index is 12.5. The Hall–Kier alpha value is -3.87. The lowest BCUT2D eigenvalue weighted by Crippen LogP contribution is -2.22. The smallest absolute Gasteiger partial charge is 0.291 e. The second kappa shape index (κ2) is 8.22. The molecule has 3 rings (SSSR count). The summed E-state index contributed by atoms with van der Waals surface area (Å²) in [6.45, 7) is 1.48. The highest BCUT2D eigenvalue weighted by Crippen LogP contribution is 2.19. The van der Waals surface area contributed by atoms with Crippen molar-refractivity contribution in [3.8, 4) is 0 Å². The summed E-state index contributed by atoms with van der Waals surface area (Å²) in [5.41, 5.74) is 2.19. The molecule has 7 heteroatoms. The maximum atomic E-state index is 12.5. The molecule has 0 aliphatic heterocycles. The molecule has 0 fully saturated rings. The van der Waals surface area contributed by atoms with E-state index in [2.05, 4.69) is 10.6 Å². The minimum absolute atomic E-state index is 0.0785. The van der Waals surface area contributed by atoms with Crippen LogP contribution in [0.15, 0.2) is 71.3 Å². The summed E-state index contributed by atoms with van der Waals surface area (Å²) in [5.74, 6) is -0.606. The third-order valence-electron chi connectivity index (χ3n) is 4.11. The number of carbonyl (C=O) groups is 3. The number of carbonyl (C=O) groups excluding carboxylic acids is 3. The van der Waals surface area contributed by atoms with Gasteiger partial charge in [-0.2, -0.15) is 0 Å².